The molecule has 28 heavy (non-hydrogen) atoms. The molecule has 0 saturated carbocycles. The van der Waals surface area contributed by atoms with Crippen LogP contribution in [0.1, 0.15) is 46.4 Å². The molecule has 3 heterocycles. The summed E-state index contributed by atoms with van der Waals surface area (Å²) >= 11 is 0. The van der Waals surface area contributed by atoms with Gasteiger partial charge in [-0.05, 0) is 38.4 Å². The van der Waals surface area contributed by atoms with Gasteiger partial charge in [-0.3, -0.25) is 29.4 Å². The molecule has 1 aromatic rings. The summed E-state index contributed by atoms with van der Waals surface area (Å²) in [4.78, 5) is 51.8. The van der Waals surface area contributed by atoms with E-state index in [4.69, 9.17) is 0 Å². The number of carbonyl (C=O) groups is 4. The quantitative estimate of drug-likeness (QED) is 0.728. The van der Waals surface area contributed by atoms with E-state index in [9.17, 15) is 23.6 Å². The molecule has 1 aromatic carbocycles. The molecule has 2 atom stereocenters. The van der Waals surface area contributed by atoms with Crippen molar-refractivity contribution in [2.75, 3.05) is 25.0 Å². The summed E-state index contributed by atoms with van der Waals surface area (Å²) in [7, 11) is 1.85. The molecule has 0 aliphatic carbocycles. The third-order valence-corrected chi connectivity index (χ3v) is 5.68. The van der Waals surface area contributed by atoms with Crippen LogP contribution in [0.25, 0.3) is 0 Å². The SMILES string of the molecule is CNC1CCCN(c2cc3c(cc2F)C(=O)N(C2CCC(=O)NC2=O)C3=O)C1. The molecular formula is C19H21FN4O4. The van der Waals surface area contributed by atoms with Gasteiger partial charge >= 0.3 is 0 Å². The van der Waals surface area contributed by atoms with E-state index < -0.39 is 35.5 Å². The average molecular weight is 388 g/mol. The van der Waals surface area contributed by atoms with E-state index in [-0.39, 0.29) is 35.7 Å². The van der Waals surface area contributed by atoms with Crippen LogP contribution < -0.4 is 15.5 Å². The molecule has 3 aliphatic heterocycles. The maximum atomic E-state index is 14.8. The number of carbonyl (C=O) groups excluding carboxylic acids is 4. The van der Waals surface area contributed by atoms with E-state index in [1.165, 1.54) is 6.07 Å². The lowest BCUT2D eigenvalue weighted by Crippen LogP contribution is -2.54. The normalized spacial score (nSPS) is 25.2. The fraction of sp³-hybridized carbons (Fsp3) is 0.474. The molecule has 9 heteroatoms. The number of nitrogens with one attached hydrogen (secondary N) is 2. The number of nitrogens with zero attached hydrogens (tertiary/aromatic N) is 2. The number of piperidine rings is 2. The summed E-state index contributed by atoms with van der Waals surface area (Å²) in [6, 6.07) is 1.66. The largest absolute Gasteiger partial charge is 0.368 e. The topological polar surface area (TPSA) is 98.8 Å². The van der Waals surface area contributed by atoms with Gasteiger partial charge in [0.2, 0.25) is 11.8 Å². The second-order valence-corrected chi connectivity index (χ2v) is 7.37. The van der Waals surface area contributed by atoms with Gasteiger partial charge in [0.15, 0.2) is 0 Å². The Morgan fingerprint density at radius 3 is 2.50 bits per heavy atom. The Bertz CT molecular complexity index is 887. The van der Waals surface area contributed by atoms with Gasteiger partial charge in [-0.1, -0.05) is 0 Å². The van der Waals surface area contributed by atoms with Gasteiger partial charge in [-0.25, -0.2) is 4.39 Å². The number of likely N-dealkylation sites (N-methyl/N-ethyl adjacent to an activating group) is 1. The maximum absolute atomic E-state index is 14.8. The van der Waals surface area contributed by atoms with Crippen molar-refractivity contribution in [1.82, 2.24) is 15.5 Å². The molecule has 2 fully saturated rings. The number of halogens is 1. The lowest BCUT2D eigenvalue weighted by molar-refractivity contribution is -0.136. The van der Waals surface area contributed by atoms with E-state index in [1.54, 1.807) is 0 Å². The van der Waals surface area contributed by atoms with Crippen molar-refractivity contribution in [3.8, 4) is 0 Å². The zero-order chi connectivity index (χ0) is 20.0. The van der Waals surface area contributed by atoms with Crippen LogP contribution in [0.5, 0.6) is 0 Å². The number of rotatable bonds is 3. The van der Waals surface area contributed by atoms with Crippen LogP contribution in [-0.4, -0.2) is 60.7 Å². The van der Waals surface area contributed by atoms with Crippen LogP contribution >= 0.6 is 0 Å². The van der Waals surface area contributed by atoms with Gasteiger partial charge in [-0.2, -0.15) is 0 Å². The Balaban J connectivity index is 1.65. The highest BCUT2D eigenvalue weighted by molar-refractivity contribution is 6.23. The molecule has 148 valence electrons. The standard InChI is InChI=1S/C19H21FN4O4/c1-21-10-3-2-6-23(9-10)15-8-12-11(7-13(15)20)18(27)24(19(12)28)14-4-5-16(25)22-17(14)26/h7-8,10,14,21H,2-6,9H2,1H3,(H,22,25,26). The molecule has 3 aliphatic rings. The van der Waals surface area contributed by atoms with Crippen molar-refractivity contribution in [1.29, 1.82) is 0 Å². The predicted octanol–water partition coefficient (Wildman–Crippen LogP) is 0.415. The molecule has 2 unspecified atom stereocenters. The second-order valence-electron chi connectivity index (χ2n) is 7.37. The molecule has 0 bridgehead atoms. The summed E-state index contributed by atoms with van der Waals surface area (Å²) < 4.78 is 14.8. The van der Waals surface area contributed by atoms with Crippen molar-refractivity contribution < 1.29 is 23.6 Å². The Morgan fingerprint density at radius 1 is 1.11 bits per heavy atom. The third kappa shape index (κ3) is 2.95. The van der Waals surface area contributed by atoms with E-state index in [0.29, 0.717) is 13.1 Å². The van der Waals surface area contributed by atoms with E-state index in [1.807, 2.05) is 11.9 Å². The van der Waals surface area contributed by atoms with Gasteiger partial charge in [0, 0.05) is 25.6 Å². The molecule has 0 spiro atoms. The van der Waals surface area contributed by atoms with Crippen LogP contribution in [0.2, 0.25) is 0 Å². The lowest BCUT2D eigenvalue weighted by atomic mass is 10.0. The average Bonchev–Trinajstić information content (AvgIpc) is 2.91. The summed E-state index contributed by atoms with van der Waals surface area (Å²) in [6.07, 6.45) is 1.99. The Labute approximate surface area is 161 Å². The molecule has 8 nitrogen and oxygen atoms in total. The van der Waals surface area contributed by atoms with E-state index >= 15 is 0 Å². The van der Waals surface area contributed by atoms with Crippen molar-refractivity contribution in [2.24, 2.45) is 0 Å². The van der Waals surface area contributed by atoms with E-state index in [2.05, 4.69) is 10.6 Å². The van der Waals surface area contributed by atoms with Crippen LogP contribution in [0.4, 0.5) is 10.1 Å². The molecule has 2 N–H and O–H groups in total. The van der Waals surface area contributed by atoms with Crippen molar-refractivity contribution in [3.63, 3.8) is 0 Å². The van der Waals surface area contributed by atoms with Crippen LogP contribution in [0.15, 0.2) is 12.1 Å². The van der Waals surface area contributed by atoms with Crippen molar-refractivity contribution in [2.45, 2.75) is 37.8 Å². The first-order chi connectivity index (χ1) is 13.4. The minimum Gasteiger partial charge on any atom is -0.368 e. The molecule has 0 aromatic heterocycles. The zero-order valence-electron chi connectivity index (χ0n) is 15.5. The van der Waals surface area contributed by atoms with Crippen molar-refractivity contribution >= 4 is 29.3 Å². The number of hydrogen-bond donors (Lipinski definition) is 2. The smallest absolute Gasteiger partial charge is 0.262 e. The first kappa shape index (κ1) is 18.5. The Hall–Kier alpha value is -2.81. The molecule has 2 saturated heterocycles. The Morgan fingerprint density at radius 2 is 1.82 bits per heavy atom. The minimum absolute atomic E-state index is 0.0434. The summed E-state index contributed by atoms with van der Waals surface area (Å²) in [5.41, 5.74) is 0.334. The minimum atomic E-state index is -1.06. The zero-order valence-corrected chi connectivity index (χ0v) is 15.5. The molecule has 0 radical (unpaired) electrons. The first-order valence-corrected chi connectivity index (χ1v) is 9.38. The van der Waals surface area contributed by atoms with Crippen LogP contribution in [-0.2, 0) is 9.59 Å². The summed E-state index contributed by atoms with van der Waals surface area (Å²) in [5, 5.41) is 5.33. The molecule has 4 amide bonds. The Kier molecular flexibility index (Phi) is 4.62. The number of imide groups is 2. The van der Waals surface area contributed by atoms with Crippen LogP contribution in [0.3, 0.4) is 0 Å². The van der Waals surface area contributed by atoms with Gasteiger partial charge in [0.1, 0.15) is 11.9 Å². The number of anilines is 1. The predicted molar refractivity (Wildman–Crippen MR) is 97.4 cm³/mol. The van der Waals surface area contributed by atoms with Crippen molar-refractivity contribution in [3.05, 3.63) is 29.1 Å². The number of benzene rings is 1. The number of fused-ring (bicyclic) bond motifs is 1. The van der Waals surface area contributed by atoms with Gasteiger partial charge in [0.05, 0.1) is 16.8 Å². The fourth-order valence-corrected chi connectivity index (χ4v) is 4.15. The fourth-order valence-electron chi connectivity index (χ4n) is 4.15. The highest BCUT2D eigenvalue weighted by Gasteiger charge is 2.45. The van der Waals surface area contributed by atoms with Gasteiger partial charge < -0.3 is 10.2 Å². The highest BCUT2D eigenvalue weighted by Crippen LogP contribution is 2.33. The lowest BCUT2D eigenvalue weighted by Gasteiger charge is -2.34. The van der Waals surface area contributed by atoms with Crippen LogP contribution in [0, 0.1) is 5.82 Å². The van der Waals surface area contributed by atoms with E-state index in [0.717, 1.165) is 23.8 Å². The maximum Gasteiger partial charge on any atom is 0.262 e. The highest BCUT2D eigenvalue weighted by atomic mass is 19.1. The molecular weight excluding hydrogens is 367 g/mol. The monoisotopic (exact) mass is 388 g/mol. The number of hydrogen-bond acceptors (Lipinski definition) is 6. The summed E-state index contributed by atoms with van der Waals surface area (Å²) in [6.45, 7) is 1.26. The summed E-state index contributed by atoms with van der Waals surface area (Å²) in [5.74, 6) is -3.01. The first-order valence-electron chi connectivity index (χ1n) is 9.38. The third-order valence-electron chi connectivity index (χ3n) is 5.68. The second kappa shape index (κ2) is 6.97. The van der Waals surface area contributed by atoms with Gasteiger partial charge in [0.25, 0.3) is 11.8 Å². The van der Waals surface area contributed by atoms with Gasteiger partial charge in [-0.15, -0.1) is 0 Å². The molecule has 4 rings (SSSR count). The number of amides is 4.